The van der Waals surface area contributed by atoms with Crippen molar-refractivity contribution in [1.82, 2.24) is 4.90 Å². The van der Waals surface area contributed by atoms with E-state index in [0.29, 0.717) is 29.3 Å². The van der Waals surface area contributed by atoms with Crippen LogP contribution in [0.3, 0.4) is 0 Å². The fourth-order valence-electron chi connectivity index (χ4n) is 11.4. The Hall–Kier alpha value is -0.170. The zero-order valence-corrected chi connectivity index (χ0v) is 26.3. The van der Waals surface area contributed by atoms with Crippen LogP contribution in [0.15, 0.2) is 0 Å². The van der Waals surface area contributed by atoms with Crippen molar-refractivity contribution in [3.8, 4) is 0 Å². The molecule has 1 N–H and O–H groups in total. The molecule has 2 heterocycles. The fraction of sp³-hybridized carbons (Fsp3) is 0.969. The molecular formula is C32H55BrN2O3. The minimum atomic E-state index is -0.144. The highest BCUT2D eigenvalue weighted by Gasteiger charge is 2.67. The molecular weight excluding hydrogens is 540 g/mol. The molecule has 4 saturated carbocycles. The van der Waals surface area contributed by atoms with Gasteiger partial charge in [-0.05, 0) is 113 Å². The molecule has 0 aromatic heterocycles. The van der Waals surface area contributed by atoms with Crippen LogP contribution in [0.25, 0.3) is 0 Å². The van der Waals surface area contributed by atoms with Crippen LogP contribution in [-0.2, 0) is 9.53 Å². The van der Waals surface area contributed by atoms with Crippen LogP contribution in [0.2, 0.25) is 0 Å². The zero-order chi connectivity index (χ0) is 26.0. The van der Waals surface area contributed by atoms with E-state index in [9.17, 15) is 9.90 Å². The van der Waals surface area contributed by atoms with Gasteiger partial charge in [0, 0.05) is 24.8 Å². The van der Waals surface area contributed by atoms with Gasteiger partial charge in [-0.1, -0.05) is 20.3 Å². The van der Waals surface area contributed by atoms with Gasteiger partial charge in [0.15, 0.2) is 6.10 Å². The number of carbonyl (C=O) groups is 1. The van der Waals surface area contributed by atoms with Crippen molar-refractivity contribution in [2.45, 2.75) is 129 Å². The Kier molecular flexibility index (Phi) is 8.42. The third-order valence-electron chi connectivity index (χ3n) is 13.4. The Bertz CT molecular complexity index is 858. The molecule has 2 aliphatic heterocycles. The van der Waals surface area contributed by atoms with Crippen LogP contribution in [0.4, 0.5) is 0 Å². The number of halogens is 1. The molecule has 6 fully saturated rings. The van der Waals surface area contributed by atoms with Gasteiger partial charge in [-0.25, -0.2) is 0 Å². The molecule has 0 bridgehead atoms. The Morgan fingerprint density at radius 2 is 1.61 bits per heavy atom. The summed E-state index contributed by atoms with van der Waals surface area (Å²) < 4.78 is 7.46. The molecule has 4 aliphatic carbocycles. The van der Waals surface area contributed by atoms with E-state index < -0.39 is 0 Å². The van der Waals surface area contributed by atoms with Gasteiger partial charge in [-0.2, -0.15) is 0 Å². The van der Waals surface area contributed by atoms with E-state index in [1.54, 1.807) is 6.92 Å². The first-order valence-electron chi connectivity index (χ1n) is 16.1. The van der Waals surface area contributed by atoms with Crippen LogP contribution in [0.1, 0.15) is 104 Å². The van der Waals surface area contributed by atoms with Crippen molar-refractivity contribution in [2.75, 3.05) is 33.2 Å². The first-order chi connectivity index (χ1) is 17.7. The van der Waals surface area contributed by atoms with E-state index in [0.717, 1.165) is 22.7 Å². The summed E-state index contributed by atoms with van der Waals surface area (Å²) >= 11 is 0. The van der Waals surface area contributed by atoms with Gasteiger partial charge in [-0.15, -0.1) is 0 Å². The molecule has 38 heavy (non-hydrogen) atoms. The van der Waals surface area contributed by atoms with E-state index in [1.165, 1.54) is 103 Å². The molecule has 0 aromatic carbocycles. The molecule has 0 unspecified atom stereocenters. The number of quaternary nitrogens is 1. The van der Waals surface area contributed by atoms with Crippen molar-refractivity contribution in [3.05, 3.63) is 0 Å². The fourth-order valence-corrected chi connectivity index (χ4v) is 11.4. The number of likely N-dealkylation sites (tertiary alicyclic amines) is 2. The van der Waals surface area contributed by atoms with Crippen molar-refractivity contribution in [2.24, 2.45) is 34.5 Å². The number of fused-ring (bicyclic) bond motifs is 5. The molecule has 6 heteroatoms. The van der Waals surface area contributed by atoms with Gasteiger partial charge in [-0.3, -0.25) is 9.69 Å². The normalized spacial score (nSPS) is 48.7. The second kappa shape index (κ2) is 10.9. The van der Waals surface area contributed by atoms with Gasteiger partial charge in [0.1, 0.15) is 6.04 Å². The number of carbonyl (C=O) groups excluding carboxylic acids is 1. The predicted molar refractivity (Wildman–Crippen MR) is 147 cm³/mol. The highest BCUT2D eigenvalue weighted by Crippen LogP contribution is 2.67. The van der Waals surface area contributed by atoms with E-state index in [1.807, 2.05) is 0 Å². The molecule has 10 atom stereocenters. The SMILES string of the molecule is CC(=O)O[C@H]1[C@@H]([N+]2(C)CCCCC2)C[C@@H]2[C@@H]3CC[C@@H]4C[C@@H](O)[C@@H](N5CCCCC5)C[C@]4(C)[C@@H]3CC[C@@]21C.[Br-]. The number of likely N-dealkylation sites (N-methyl/N-ethyl adjacent to an activating group) is 1. The van der Waals surface area contributed by atoms with Gasteiger partial charge in [0.2, 0.25) is 0 Å². The molecule has 2 saturated heterocycles. The lowest BCUT2D eigenvalue weighted by atomic mass is 9.44. The second-order valence-electron chi connectivity index (χ2n) is 15.2. The van der Waals surface area contributed by atoms with E-state index in [-0.39, 0.29) is 40.6 Å². The number of hydrogen-bond donors (Lipinski definition) is 1. The van der Waals surface area contributed by atoms with Gasteiger partial charge < -0.3 is 31.3 Å². The minimum absolute atomic E-state index is 0. The minimum Gasteiger partial charge on any atom is -1.00 e. The summed E-state index contributed by atoms with van der Waals surface area (Å²) in [5.41, 5.74) is 0.448. The molecule has 0 aromatic rings. The number of piperidine rings is 2. The topological polar surface area (TPSA) is 49.8 Å². The van der Waals surface area contributed by atoms with Gasteiger partial charge in [0.25, 0.3) is 0 Å². The first-order valence-corrected chi connectivity index (χ1v) is 16.1. The molecule has 0 spiro atoms. The molecule has 6 rings (SSSR count). The summed E-state index contributed by atoms with van der Waals surface area (Å²) in [5, 5.41) is 11.3. The third kappa shape index (κ3) is 4.73. The van der Waals surface area contributed by atoms with Crippen LogP contribution in [0.5, 0.6) is 0 Å². The maximum absolute atomic E-state index is 12.4. The Morgan fingerprint density at radius 1 is 0.921 bits per heavy atom. The maximum Gasteiger partial charge on any atom is 0.303 e. The number of aliphatic hydroxyl groups is 1. The molecule has 0 amide bonds. The molecule has 0 radical (unpaired) electrons. The van der Waals surface area contributed by atoms with Crippen LogP contribution in [0, 0.1) is 34.5 Å². The van der Waals surface area contributed by atoms with Crippen molar-refractivity contribution < 1.29 is 36.1 Å². The van der Waals surface area contributed by atoms with E-state index >= 15 is 0 Å². The van der Waals surface area contributed by atoms with Crippen molar-refractivity contribution >= 4 is 5.97 Å². The summed E-state index contributed by atoms with van der Waals surface area (Å²) in [7, 11) is 2.47. The summed E-state index contributed by atoms with van der Waals surface area (Å²) in [6, 6.07) is 0.814. The van der Waals surface area contributed by atoms with Crippen LogP contribution in [-0.4, -0.2) is 78.0 Å². The predicted octanol–water partition coefficient (Wildman–Crippen LogP) is 2.40. The average Bonchev–Trinajstić information content (AvgIpc) is 3.17. The Morgan fingerprint density at radius 3 is 2.29 bits per heavy atom. The molecule has 218 valence electrons. The highest BCUT2D eigenvalue weighted by molar-refractivity contribution is 5.66. The lowest BCUT2D eigenvalue weighted by Crippen LogP contribution is -3.00. The summed E-state index contributed by atoms with van der Waals surface area (Å²) in [5.74, 6) is 2.76. The standard InChI is InChI=1S/C32H55N2O3.BrH/c1-22(35)37-30-28(34(4)17-9-6-10-18-34)20-26-24-12-11-23-19-29(36)27(33-15-7-5-8-16-33)21-32(23,3)25(24)13-14-31(26,30)2;/h23-30,36H,5-21H2,1-4H3;1H/q+1;/p-1/t23-,24-,25-,26-,27+,28+,29-,30+,31+,32+;/m1./s1. The maximum atomic E-state index is 12.4. The Labute approximate surface area is 242 Å². The molecule has 6 aliphatic rings. The second-order valence-corrected chi connectivity index (χ2v) is 15.2. The monoisotopic (exact) mass is 594 g/mol. The average molecular weight is 596 g/mol. The molecule has 5 nitrogen and oxygen atoms in total. The first kappa shape index (κ1) is 29.3. The highest BCUT2D eigenvalue weighted by atomic mass is 79.9. The van der Waals surface area contributed by atoms with Gasteiger partial charge >= 0.3 is 5.97 Å². The number of ether oxygens (including phenoxy) is 1. The van der Waals surface area contributed by atoms with E-state index in [2.05, 4.69) is 25.8 Å². The lowest BCUT2D eigenvalue weighted by Gasteiger charge is -2.62. The number of esters is 1. The van der Waals surface area contributed by atoms with Gasteiger partial charge in [0.05, 0.1) is 26.2 Å². The van der Waals surface area contributed by atoms with E-state index in [4.69, 9.17) is 4.74 Å². The number of aliphatic hydroxyl groups excluding tert-OH is 1. The van der Waals surface area contributed by atoms with Crippen LogP contribution >= 0.6 is 0 Å². The number of rotatable bonds is 3. The zero-order valence-electron chi connectivity index (χ0n) is 24.7. The summed E-state index contributed by atoms with van der Waals surface area (Å²) in [6.07, 6.45) is 16.4. The number of nitrogens with zero attached hydrogens (tertiary/aromatic N) is 2. The summed E-state index contributed by atoms with van der Waals surface area (Å²) in [4.78, 5) is 15.1. The summed E-state index contributed by atoms with van der Waals surface area (Å²) in [6.45, 7) is 11.6. The van der Waals surface area contributed by atoms with Crippen LogP contribution < -0.4 is 17.0 Å². The van der Waals surface area contributed by atoms with Crippen molar-refractivity contribution in [3.63, 3.8) is 0 Å². The number of hydrogen-bond acceptors (Lipinski definition) is 4. The Balaban J connectivity index is 0.00000294. The smallest absolute Gasteiger partial charge is 0.303 e. The quantitative estimate of drug-likeness (QED) is 0.403. The van der Waals surface area contributed by atoms with Crippen molar-refractivity contribution in [1.29, 1.82) is 0 Å². The third-order valence-corrected chi connectivity index (χ3v) is 13.4. The largest absolute Gasteiger partial charge is 1.00 e. The lowest BCUT2D eigenvalue weighted by molar-refractivity contribution is -0.940.